The molecule has 0 spiro atoms. The fourth-order valence-electron chi connectivity index (χ4n) is 3.56. The number of nitrogens with one attached hydrogen (secondary N) is 2. The van der Waals surface area contributed by atoms with Gasteiger partial charge >= 0.3 is 12.0 Å². The molecule has 2 amide bonds. The summed E-state index contributed by atoms with van der Waals surface area (Å²) in [5.74, 6) is 0.151. The molecule has 6 heteroatoms. The van der Waals surface area contributed by atoms with E-state index >= 15 is 0 Å². The van der Waals surface area contributed by atoms with Gasteiger partial charge in [-0.25, -0.2) is 4.79 Å². The van der Waals surface area contributed by atoms with Crippen LogP contribution in [0, 0.1) is 5.92 Å². The first-order chi connectivity index (χ1) is 10.6. The molecular weight excluding hydrogens is 300 g/mol. The highest BCUT2D eigenvalue weighted by molar-refractivity contribution is 7.99. The zero-order chi connectivity index (χ0) is 15.9. The Balaban J connectivity index is 1.74. The summed E-state index contributed by atoms with van der Waals surface area (Å²) in [7, 11) is 0. The van der Waals surface area contributed by atoms with Crippen molar-refractivity contribution in [3.63, 3.8) is 0 Å². The van der Waals surface area contributed by atoms with Gasteiger partial charge in [-0.1, -0.05) is 19.8 Å². The Bertz CT molecular complexity index is 382. The molecule has 0 aromatic carbocycles. The lowest BCUT2D eigenvalue weighted by atomic mass is 9.86. The van der Waals surface area contributed by atoms with Crippen molar-refractivity contribution in [2.24, 2.45) is 5.92 Å². The van der Waals surface area contributed by atoms with Gasteiger partial charge in [-0.15, -0.1) is 0 Å². The second kappa shape index (κ2) is 8.65. The van der Waals surface area contributed by atoms with Crippen LogP contribution in [0.2, 0.25) is 0 Å². The van der Waals surface area contributed by atoms with Crippen LogP contribution in [0.1, 0.15) is 58.3 Å². The van der Waals surface area contributed by atoms with E-state index in [1.165, 1.54) is 19.3 Å². The predicted octanol–water partition coefficient (Wildman–Crippen LogP) is 2.99. The van der Waals surface area contributed by atoms with Crippen LogP contribution in [0.5, 0.6) is 0 Å². The molecule has 2 unspecified atom stereocenters. The van der Waals surface area contributed by atoms with Gasteiger partial charge in [0.2, 0.25) is 0 Å². The lowest BCUT2D eigenvalue weighted by Gasteiger charge is -2.33. The quantitative estimate of drug-likeness (QED) is 0.725. The van der Waals surface area contributed by atoms with Crippen LogP contribution in [0.15, 0.2) is 0 Å². The van der Waals surface area contributed by atoms with Crippen LogP contribution in [-0.4, -0.2) is 40.2 Å². The minimum atomic E-state index is -0.704. The normalized spacial score (nSPS) is 32.2. The van der Waals surface area contributed by atoms with E-state index in [0.29, 0.717) is 18.1 Å². The molecule has 0 aliphatic heterocycles. The molecule has 2 fully saturated rings. The third-order valence-corrected chi connectivity index (χ3v) is 6.14. The molecule has 22 heavy (non-hydrogen) atoms. The number of hydrogen-bond acceptors (Lipinski definition) is 3. The Hall–Kier alpha value is -0.910. The highest BCUT2D eigenvalue weighted by Crippen LogP contribution is 2.29. The third kappa shape index (κ3) is 5.07. The van der Waals surface area contributed by atoms with E-state index in [1.807, 2.05) is 11.8 Å². The molecule has 0 heterocycles. The molecule has 126 valence electrons. The van der Waals surface area contributed by atoms with E-state index in [2.05, 4.69) is 17.6 Å². The molecule has 0 saturated heterocycles. The molecule has 2 atom stereocenters. The smallest absolute Gasteiger partial charge is 0.315 e. The van der Waals surface area contributed by atoms with Gasteiger partial charge in [0.15, 0.2) is 0 Å². The molecule has 0 aromatic rings. The number of carboxylic acids is 1. The molecule has 2 aliphatic carbocycles. The average molecular weight is 328 g/mol. The molecule has 2 rings (SSSR count). The molecule has 2 saturated carbocycles. The van der Waals surface area contributed by atoms with Crippen LogP contribution in [0.3, 0.4) is 0 Å². The van der Waals surface area contributed by atoms with E-state index < -0.39 is 5.97 Å². The van der Waals surface area contributed by atoms with Gasteiger partial charge in [-0.05, 0) is 44.3 Å². The topological polar surface area (TPSA) is 78.4 Å². The fraction of sp³-hybridized carbons (Fsp3) is 0.875. The first kappa shape index (κ1) is 17.4. The molecule has 0 bridgehead atoms. The largest absolute Gasteiger partial charge is 0.481 e. The number of rotatable bonds is 5. The Labute approximate surface area is 137 Å². The van der Waals surface area contributed by atoms with Crippen molar-refractivity contribution in [2.75, 3.05) is 5.75 Å². The van der Waals surface area contributed by atoms with Crippen molar-refractivity contribution in [3.8, 4) is 0 Å². The van der Waals surface area contributed by atoms with E-state index in [-0.39, 0.29) is 24.0 Å². The maximum atomic E-state index is 12.2. The number of aliphatic carboxylic acids is 1. The number of carbonyl (C=O) groups is 2. The summed E-state index contributed by atoms with van der Waals surface area (Å²) in [5, 5.41) is 15.7. The lowest BCUT2D eigenvalue weighted by Crippen LogP contribution is -2.51. The van der Waals surface area contributed by atoms with Crippen molar-refractivity contribution in [1.29, 1.82) is 0 Å². The summed E-state index contributed by atoms with van der Waals surface area (Å²) in [4.78, 5) is 23.1. The lowest BCUT2D eigenvalue weighted by molar-refractivity contribution is -0.142. The molecule has 0 aromatic heterocycles. The van der Waals surface area contributed by atoms with E-state index in [4.69, 9.17) is 5.11 Å². The van der Waals surface area contributed by atoms with Crippen molar-refractivity contribution >= 4 is 23.8 Å². The number of thioether (sulfide) groups is 1. The summed E-state index contributed by atoms with van der Waals surface area (Å²) in [6.45, 7) is 2.16. The number of urea groups is 1. The van der Waals surface area contributed by atoms with E-state index in [9.17, 15) is 9.59 Å². The van der Waals surface area contributed by atoms with Crippen molar-refractivity contribution in [3.05, 3.63) is 0 Å². The first-order valence-corrected chi connectivity index (χ1v) is 9.56. The molecule has 5 nitrogen and oxygen atoms in total. The van der Waals surface area contributed by atoms with Crippen LogP contribution < -0.4 is 10.6 Å². The van der Waals surface area contributed by atoms with E-state index in [1.54, 1.807) is 0 Å². The predicted molar refractivity (Wildman–Crippen MR) is 89.2 cm³/mol. The zero-order valence-corrected chi connectivity index (χ0v) is 14.2. The van der Waals surface area contributed by atoms with Crippen LogP contribution in [-0.2, 0) is 4.79 Å². The number of carboxylic acid groups (broad SMARTS) is 1. The second-order valence-corrected chi connectivity index (χ2v) is 7.91. The molecule has 2 aliphatic rings. The maximum absolute atomic E-state index is 12.2. The van der Waals surface area contributed by atoms with Crippen LogP contribution in [0.4, 0.5) is 4.79 Å². The van der Waals surface area contributed by atoms with Crippen molar-refractivity contribution < 1.29 is 14.7 Å². The average Bonchev–Trinajstić information content (AvgIpc) is 2.50. The van der Waals surface area contributed by atoms with Gasteiger partial charge in [0.05, 0.1) is 5.92 Å². The Morgan fingerprint density at radius 2 is 1.73 bits per heavy atom. The summed E-state index contributed by atoms with van der Waals surface area (Å²) in [6, 6.07) is 0.318. The van der Waals surface area contributed by atoms with Crippen molar-refractivity contribution in [1.82, 2.24) is 10.6 Å². The Kier molecular flexibility index (Phi) is 6.86. The Morgan fingerprint density at radius 1 is 1.05 bits per heavy atom. The van der Waals surface area contributed by atoms with Gasteiger partial charge in [0.25, 0.3) is 0 Å². The molecule has 0 radical (unpaired) electrons. The third-order valence-electron chi connectivity index (χ3n) is 4.81. The zero-order valence-electron chi connectivity index (χ0n) is 13.3. The minimum Gasteiger partial charge on any atom is -0.481 e. The minimum absolute atomic E-state index is 0.0765. The summed E-state index contributed by atoms with van der Waals surface area (Å²) >= 11 is 1.94. The van der Waals surface area contributed by atoms with Gasteiger partial charge in [-0.2, -0.15) is 11.8 Å². The summed E-state index contributed by atoms with van der Waals surface area (Å²) in [6.07, 6.45) is 7.57. The number of hydrogen-bond donors (Lipinski definition) is 3. The SMILES string of the molecule is CCSC1CCCCC1NC(=O)NC1CCC(C(=O)O)CC1. The van der Waals surface area contributed by atoms with Gasteiger partial charge in [0, 0.05) is 17.3 Å². The first-order valence-electron chi connectivity index (χ1n) is 8.51. The standard InChI is InChI=1S/C16H28N2O3S/c1-2-22-14-6-4-3-5-13(14)18-16(21)17-12-9-7-11(8-10-12)15(19)20/h11-14H,2-10H2,1H3,(H,19,20)(H2,17,18,21). The summed E-state index contributed by atoms with van der Waals surface area (Å²) < 4.78 is 0. The van der Waals surface area contributed by atoms with Crippen LogP contribution >= 0.6 is 11.8 Å². The number of carbonyl (C=O) groups excluding carboxylic acids is 1. The Morgan fingerprint density at radius 3 is 2.36 bits per heavy atom. The van der Waals surface area contributed by atoms with Gasteiger partial charge in [0.1, 0.15) is 0 Å². The monoisotopic (exact) mass is 328 g/mol. The van der Waals surface area contributed by atoms with Crippen LogP contribution in [0.25, 0.3) is 0 Å². The number of amides is 2. The molecular formula is C16H28N2O3S. The highest BCUT2D eigenvalue weighted by Gasteiger charge is 2.29. The van der Waals surface area contributed by atoms with Gasteiger partial charge in [-0.3, -0.25) is 4.79 Å². The van der Waals surface area contributed by atoms with Crippen molar-refractivity contribution in [2.45, 2.75) is 75.6 Å². The summed E-state index contributed by atoms with van der Waals surface area (Å²) in [5.41, 5.74) is 0. The fourth-order valence-corrected chi connectivity index (χ4v) is 4.75. The highest BCUT2D eigenvalue weighted by atomic mass is 32.2. The van der Waals surface area contributed by atoms with E-state index in [0.717, 1.165) is 25.0 Å². The van der Waals surface area contributed by atoms with Gasteiger partial charge < -0.3 is 15.7 Å². The molecule has 3 N–H and O–H groups in total. The maximum Gasteiger partial charge on any atom is 0.315 e. The second-order valence-electron chi connectivity index (χ2n) is 6.39.